The van der Waals surface area contributed by atoms with Gasteiger partial charge in [0, 0.05) is 18.2 Å². The van der Waals surface area contributed by atoms with E-state index in [0.29, 0.717) is 12.5 Å². The first kappa shape index (κ1) is 13.0. The molecule has 0 radical (unpaired) electrons. The highest BCUT2D eigenvalue weighted by Crippen LogP contribution is 2.13. The molecule has 0 aliphatic carbocycles. The van der Waals surface area contributed by atoms with Crippen molar-refractivity contribution in [2.45, 2.75) is 19.4 Å². The second kappa shape index (κ2) is 5.44. The summed E-state index contributed by atoms with van der Waals surface area (Å²) >= 11 is 0. The number of hydrogen-bond donors (Lipinski definition) is 2. The largest absolute Gasteiger partial charge is 0.348 e. The minimum Gasteiger partial charge on any atom is -0.348 e. The van der Waals surface area contributed by atoms with Gasteiger partial charge in [-0.3, -0.25) is 4.79 Å². The summed E-state index contributed by atoms with van der Waals surface area (Å²) in [7, 11) is 0. The lowest BCUT2D eigenvalue weighted by Crippen LogP contribution is -2.50. The Morgan fingerprint density at radius 1 is 1.39 bits per heavy atom. The van der Waals surface area contributed by atoms with Crippen LogP contribution in [0.15, 0.2) is 18.2 Å². The highest BCUT2D eigenvalue weighted by atomic mass is 19.2. The summed E-state index contributed by atoms with van der Waals surface area (Å²) in [6.07, 6.45) is 0.989. The van der Waals surface area contributed by atoms with Crippen LogP contribution in [0.25, 0.3) is 0 Å². The van der Waals surface area contributed by atoms with Gasteiger partial charge in [-0.15, -0.1) is 0 Å². The predicted molar refractivity (Wildman–Crippen MR) is 64.3 cm³/mol. The van der Waals surface area contributed by atoms with Crippen molar-refractivity contribution in [3.05, 3.63) is 35.4 Å². The number of carbonyl (C=O) groups excluding carboxylic acids is 1. The molecule has 0 bridgehead atoms. The molecule has 18 heavy (non-hydrogen) atoms. The minimum atomic E-state index is -1.00. The highest BCUT2D eigenvalue weighted by molar-refractivity contribution is 5.94. The molecule has 0 saturated carbocycles. The lowest BCUT2D eigenvalue weighted by molar-refractivity contribution is 0.0914. The molecule has 2 atom stereocenters. The lowest BCUT2D eigenvalue weighted by Gasteiger charge is -2.30. The molecule has 1 heterocycles. The van der Waals surface area contributed by atoms with Crippen LogP contribution in [0.2, 0.25) is 0 Å². The van der Waals surface area contributed by atoms with Crippen LogP contribution in [-0.4, -0.2) is 25.0 Å². The Balaban J connectivity index is 2.04. The fourth-order valence-corrected chi connectivity index (χ4v) is 2.07. The number of piperidine rings is 1. The van der Waals surface area contributed by atoms with Crippen LogP contribution in [0.5, 0.6) is 0 Å². The molecular formula is C13H16F2N2O. The number of hydrogen-bond acceptors (Lipinski definition) is 2. The normalized spacial score (nSPS) is 23.7. The first-order valence-electron chi connectivity index (χ1n) is 6.04. The van der Waals surface area contributed by atoms with E-state index in [0.717, 1.165) is 25.1 Å². The zero-order valence-corrected chi connectivity index (χ0v) is 10.2. The third kappa shape index (κ3) is 2.85. The van der Waals surface area contributed by atoms with Crippen molar-refractivity contribution in [3.8, 4) is 0 Å². The molecule has 5 heteroatoms. The topological polar surface area (TPSA) is 41.1 Å². The second-order valence-electron chi connectivity index (χ2n) is 4.68. The Morgan fingerprint density at radius 3 is 2.83 bits per heavy atom. The molecule has 2 unspecified atom stereocenters. The monoisotopic (exact) mass is 254 g/mol. The molecule has 1 saturated heterocycles. The third-order valence-electron chi connectivity index (χ3n) is 3.33. The molecular weight excluding hydrogens is 238 g/mol. The highest BCUT2D eigenvalue weighted by Gasteiger charge is 2.23. The molecule has 3 nitrogen and oxygen atoms in total. The zero-order chi connectivity index (χ0) is 13.1. The van der Waals surface area contributed by atoms with Crippen LogP contribution in [0.4, 0.5) is 8.78 Å². The SMILES string of the molecule is CC1CCNCC1NC(=O)c1ccc(F)c(F)c1. The second-order valence-corrected chi connectivity index (χ2v) is 4.68. The van der Waals surface area contributed by atoms with Crippen molar-refractivity contribution in [2.75, 3.05) is 13.1 Å². The van der Waals surface area contributed by atoms with E-state index in [1.807, 2.05) is 0 Å². The van der Waals surface area contributed by atoms with Gasteiger partial charge >= 0.3 is 0 Å². The van der Waals surface area contributed by atoms with Crippen molar-refractivity contribution >= 4 is 5.91 Å². The minimum absolute atomic E-state index is 0.0272. The lowest BCUT2D eigenvalue weighted by atomic mass is 9.94. The van der Waals surface area contributed by atoms with Crippen LogP contribution in [0, 0.1) is 17.6 Å². The van der Waals surface area contributed by atoms with Crippen molar-refractivity contribution in [1.82, 2.24) is 10.6 Å². The molecule has 1 aromatic rings. The molecule has 0 aromatic heterocycles. The van der Waals surface area contributed by atoms with E-state index in [1.54, 1.807) is 0 Å². The van der Waals surface area contributed by atoms with Crippen molar-refractivity contribution in [1.29, 1.82) is 0 Å². The average Bonchev–Trinajstić information content (AvgIpc) is 2.35. The van der Waals surface area contributed by atoms with Crippen molar-refractivity contribution in [2.24, 2.45) is 5.92 Å². The van der Waals surface area contributed by atoms with Crippen LogP contribution < -0.4 is 10.6 Å². The summed E-state index contributed by atoms with van der Waals surface area (Å²) in [6, 6.07) is 3.20. The van der Waals surface area contributed by atoms with E-state index in [-0.39, 0.29) is 17.5 Å². The van der Waals surface area contributed by atoms with Gasteiger partial charge in [-0.25, -0.2) is 8.78 Å². The Morgan fingerprint density at radius 2 is 2.17 bits per heavy atom. The third-order valence-corrected chi connectivity index (χ3v) is 3.33. The molecule has 1 aliphatic heterocycles. The maximum Gasteiger partial charge on any atom is 0.251 e. The standard InChI is InChI=1S/C13H16F2N2O/c1-8-4-5-16-7-12(8)17-13(18)9-2-3-10(14)11(15)6-9/h2-3,6,8,12,16H,4-5,7H2,1H3,(H,17,18). The van der Waals surface area contributed by atoms with Crippen LogP contribution in [0.1, 0.15) is 23.7 Å². The van der Waals surface area contributed by atoms with Gasteiger partial charge in [0.2, 0.25) is 0 Å². The van der Waals surface area contributed by atoms with Gasteiger partial charge in [-0.2, -0.15) is 0 Å². The van der Waals surface area contributed by atoms with Crippen molar-refractivity contribution < 1.29 is 13.6 Å². The molecule has 0 spiro atoms. The van der Waals surface area contributed by atoms with Crippen molar-refractivity contribution in [3.63, 3.8) is 0 Å². The number of amides is 1. The summed E-state index contributed by atoms with van der Waals surface area (Å²) in [5.41, 5.74) is 0.145. The van der Waals surface area contributed by atoms with E-state index in [4.69, 9.17) is 0 Å². The van der Waals surface area contributed by atoms with Gasteiger partial charge in [-0.1, -0.05) is 6.92 Å². The van der Waals surface area contributed by atoms with E-state index >= 15 is 0 Å². The molecule has 98 valence electrons. The van der Waals surface area contributed by atoms with Crippen LogP contribution in [0.3, 0.4) is 0 Å². The molecule has 1 amide bonds. The fourth-order valence-electron chi connectivity index (χ4n) is 2.07. The average molecular weight is 254 g/mol. The van der Waals surface area contributed by atoms with Gasteiger partial charge in [0.15, 0.2) is 11.6 Å². The van der Waals surface area contributed by atoms with Gasteiger partial charge < -0.3 is 10.6 Å². The predicted octanol–water partition coefficient (Wildman–Crippen LogP) is 1.69. The maximum atomic E-state index is 13.0. The number of rotatable bonds is 2. The fraction of sp³-hybridized carbons (Fsp3) is 0.462. The molecule has 1 aromatic carbocycles. The Labute approximate surface area is 105 Å². The van der Waals surface area contributed by atoms with E-state index in [1.165, 1.54) is 6.07 Å². The Hall–Kier alpha value is -1.49. The summed E-state index contributed by atoms with van der Waals surface area (Å²) in [6.45, 7) is 3.71. The summed E-state index contributed by atoms with van der Waals surface area (Å²) < 4.78 is 25.8. The quantitative estimate of drug-likeness (QED) is 0.843. The molecule has 1 aliphatic rings. The molecule has 1 fully saturated rings. The molecule has 2 N–H and O–H groups in total. The van der Waals surface area contributed by atoms with Gasteiger partial charge in [0.25, 0.3) is 5.91 Å². The Kier molecular flexibility index (Phi) is 3.91. The molecule has 2 rings (SSSR count). The van der Waals surface area contributed by atoms with Gasteiger partial charge in [0.1, 0.15) is 0 Å². The van der Waals surface area contributed by atoms with E-state index < -0.39 is 11.6 Å². The van der Waals surface area contributed by atoms with Crippen LogP contribution >= 0.6 is 0 Å². The number of halogens is 2. The smallest absolute Gasteiger partial charge is 0.251 e. The number of benzene rings is 1. The summed E-state index contributed by atoms with van der Waals surface area (Å²) in [5.74, 6) is -1.94. The zero-order valence-electron chi connectivity index (χ0n) is 10.2. The first-order chi connectivity index (χ1) is 8.58. The van der Waals surface area contributed by atoms with Gasteiger partial charge in [-0.05, 0) is 37.1 Å². The van der Waals surface area contributed by atoms with Crippen LogP contribution in [-0.2, 0) is 0 Å². The number of nitrogens with one attached hydrogen (secondary N) is 2. The van der Waals surface area contributed by atoms with E-state index in [9.17, 15) is 13.6 Å². The van der Waals surface area contributed by atoms with E-state index in [2.05, 4.69) is 17.6 Å². The first-order valence-corrected chi connectivity index (χ1v) is 6.04. The summed E-state index contributed by atoms with van der Waals surface area (Å²) in [5, 5.41) is 6.03. The Bertz CT molecular complexity index is 451. The van der Waals surface area contributed by atoms with Gasteiger partial charge in [0.05, 0.1) is 0 Å². The number of carbonyl (C=O) groups is 1. The maximum absolute atomic E-state index is 13.0. The summed E-state index contributed by atoms with van der Waals surface area (Å²) in [4.78, 5) is 11.9.